The SMILES string of the molecule is CN(CC(=O)N1CCNC1=O)CC1CCCCC1. The van der Waals surface area contributed by atoms with Crippen molar-refractivity contribution in [2.75, 3.05) is 33.2 Å². The molecule has 1 aliphatic carbocycles. The molecule has 0 spiro atoms. The van der Waals surface area contributed by atoms with E-state index >= 15 is 0 Å². The van der Waals surface area contributed by atoms with Crippen molar-refractivity contribution in [3.05, 3.63) is 0 Å². The molecule has 5 nitrogen and oxygen atoms in total. The molecule has 0 aromatic carbocycles. The van der Waals surface area contributed by atoms with Gasteiger partial charge in [-0.3, -0.25) is 14.6 Å². The maximum absolute atomic E-state index is 11.9. The van der Waals surface area contributed by atoms with Crippen LogP contribution in [0.15, 0.2) is 0 Å². The van der Waals surface area contributed by atoms with Gasteiger partial charge in [-0.1, -0.05) is 19.3 Å². The van der Waals surface area contributed by atoms with Crippen LogP contribution < -0.4 is 5.32 Å². The molecule has 1 saturated heterocycles. The molecule has 0 atom stereocenters. The van der Waals surface area contributed by atoms with Crippen LogP contribution >= 0.6 is 0 Å². The fraction of sp³-hybridized carbons (Fsp3) is 0.846. The van der Waals surface area contributed by atoms with Crippen LogP contribution in [0.3, 0.4) is 0 Å². The van der Waals surface area contributed by atoms with Gasteiger partial charge in [0.05, 0.1) is 6.54 Å². The summed E-state index contributed by atoms with van der Waals surface area (Å²) in [5.74, 6) is 0.646. The molecule has 0 aromatic heterocycles. The molecule has 102 valence electrons. The molecule has 0 radical (unpaired) electrons. The zero-order valence-corrected chi connectivity index (χ0v) is 11.2. The van der Waals surface area contributed by atoms with Crippen molar-refractivity contribution in [3.63, 3.8) is 0 Å². The van der Waals surface area contributed by atoms with Crippen molar-refractivity contribution in [3.8, 4) is 0 Å². The molecular formula is C13H23N3O2. The standard InChI is InChI=1S/C13H23N3O2/c1-15(9-11-5-3-2-4-6-11)10-12(17)16-8-7-14-13(16)18/h11H,2-10H2,1H3,(H,14,18). The second-order valence-electron chi connectivity index (χ2n) is 5.48. The number of hydrogen-bond donors (Lipinski definition) is 1. The number of carbonyl (C=O) groups excluding carboxylic acids is 2. The number of rotatable bonds is 4. The zero-order chi connectivity index (χ0) is 13.0. The highest BCUT2D eigenvalue weighted by molar-refractivity contribution is 5.96. The number of nitrogens with zero attached hydrogens (tertiary/aromatic N) is 2. The smallest absolute Gasteiger partial charge is 0.324 e. The Morgan fingerprint density at radius 1 is 1.39 bits per heavy atom. The van der Waals surface area contributed by atoms with Gasteiger partial charge in [-0.25, -0.2) is 4.79 Å². The van der Waals surface area contributed by atoms with Gasteiger partial charge >= 0.3 is 6.03 Å². The fourth-order valence-corrected chi connectivity index (χ4v) is 2.90. The van der Waals surface area contributed by atoms with Gasteiger partial charge in [0, 0.05) is 19.6 Å². The van der Waals surface area contributed by atoms with Gasteiger partial charge < -0.3 is 5.32 Å². The van der Waals surface area contributed by atoms with E-state index in [4.69, 9.17) is 0 Å². The normalized spacial score (nSPS) is 21.4. The Kier molecular flexibility index (Phi) is 4.58. The summed E-state index contributed by atoms with van der Waals surface area (Å²) in [6.07, 6.45) is 6.56. The largest absolute Gasteiger partial charge is 0.336 e. The van der Waals surface area contributed by atoms with Gasteiger partial charge in [-0.15, -0.1) is 0 Å². The van der Waals surface area contributed by atoms with Gasteiger partial charge in [0.25, 0.3) is 0 Å². The Balaban J connectivity index is 1.74. The van der Waals surface area contributed by atoms with Crippen molar-refractivity contribution < 1.29 is 9.59 Å². The highest BCUT2D eigenvalue weighted by atomic mass is 16.2. The first-order valence-corrected chi connectivity index (χ1v) is 6.93. The first kappa shape index (κ1) is 13.3. The number of imide groups is 1. The molecule has 1 aliphatic heterocycles. The second kappa shape index (κ2) is 6.18. The van der Waals surface area contributed by atoms with E-state index < -0.39 is 0 Å². The minimum Gasteiger partial charge on any atom is -0.336 e. The summed E-state index contributed by atoms with van der Waals surface area (Å²) in [7, 11) is 1.97. The quantitative estimate of drug-likeness (QED) is 0.815. The van der Waals surface area contributed by atoms with Gasteiger partial charge in [-0.05, 0) is 25.8 Å². The van der Waals surface area contributed by atoms with Crippen molar-refractivity contribution in [1.82, 2.24) is 15.1 Å². The molecule has 1 heterocycles. The third-order valence-electron chi connectivity index (χ3n) is 3.86. The molecule has 1 N–H and O–H groups in total. The third-order valence-corrected chi connectivity index (χ3v) is 3.86. The van der Waals surface area contributed by atoms with Crippen LogP contribution in [0.2, 0.25) is 0 Å². The average Bonchev–Trinajstić information content (AvgIpc) is 2.76. The fourth-order valence-electron chi connectivity index (χ4n) is 2.90. The van der Waals surface area contributed by atoms with E-state index in [9.17, 15) is 9.59 Å². The zero-order valence-electron chi connectivity index (χ0n) is 11.2. The molecule has 0 unspecified atom stereocenters. The van der Waals surface area contributed by atoms with Gasteiger partial charge in [0.2, 0.25) is 5.91 Å². The Bertz CT molecular complexity index is 313. The maximum atomic E-state index is 11.9. The van der Waals surface area contributed by atoms with Crippen LogP contribution in [-0.4, -0.2) is 55.0 Å². The molecule has 18 heavy (non-hydrogen) atoms. The lowest BCUT2D eigenvalue weighted by Crippen LogP contribution is -2.42. The Labute approximate surface area is 108 Å². The van der Waals surface area contributed by atoms with E-state index in [-0.39, 0.29) is 11.9 Å². The summed E-state index contributed by atoms with van der Waals surface area (Å²) in [5, 5.41) is 2.65. The monoisotopic (exact) mass is 253 g/mol. The van der Waals surface area contributed by atoms with Crippen molar-refractivity contribution in [1.29, 1.82) is 0 Å². The number of amides is 3. The van der Waals surface area contributed by atoms with E-state index in [1.807, 2.05) is 7.05 Å². The first-order valence-electron chi connectivity index (χ1n) is 6.93. The van der Waals surface area contributed by atoms with Crippen LogP contribution in [-0.2, 0) is 4.79 Å². The molecule has 0 bridgehead atoms. The van der Waals surface area contributed by atoms with Crippen LogP contribution in [0.5, 0.6) is 0 Å². The Hall–Kier alpha value is -1.10. The van der Waals surface area contributed by atoms with Crippen LogP contribution in [0.25, 0.3) is 0 Å². The molecule has 2 aliphatic rings. The van der Waals surface area contributed by atoms with Gasteiger partial charge in [-0.2, -0.15) is 0 Å². The van der Waals surface area contributed by atoms with Crippen LogP contribution in [0.1, 0.15) is 32.1 Å². The van der Waals surface area contributed by atoms with E-state index in [2.05, 4.69) is 10.2 Å². The molecule has 3 amide bonds. The number of nitrogens with one attached hydrogen (secondary N) is 1. The molecule has 5 heteroatoms. The number of hydrogen-bond acceptors (Lipinski definition) is 3. The maximum Gasteiger partial charge on any atom is 0.324 e. The lowest BCUT2D eigenvalue weighted by molar-refractivity contribution is -0.128. The third kappa shape index (κ3) is 3.45. The second-order valence-corrected chi connectivity index (χ2v) is 5.48. The lowest BCUT2D eigenvalue weighted by Gasteiger charge is -2.27. The van der Waals surface area contributed by atoms with Crippen LogP contribution in [0.4, 0.5) is 4.79 Å². The van der Waals surface area contributed by atoms with E-state index in [1.54, 1.807) is 0 Å². The summed E-state index contributed by atoms with van der Waals surface area (Å²) in [4.78, 5) is 26.7. The number of likely N-dealkylation sites (N-methyl/N-ethyl adjacent to an activating group) is 1. The van der Waals surface area contributed by atoms with E-state index in [1.165, 1.54) is 37.0 Å². The summed E-state index contributed by atoms with van der Waals surface area (Å²) in [6.45, 7) is 2.41. The predicted molar refractivity (Wildman–Crippen MR) is 69.2 cm³/mol. The molecule has 1 saturated carbocycles. The van der Waals surface area contributed by atoms with Crippen molar-refractivity contribution >= 4 is 11.9 Å². The van der Waals surface area contributed by atoms with Crippen molar-refractivity contribution in [2.45, 2.75) is 32.1 Å². The summed E-state index contributed by atoms with van der Waals surface area (Å²) in [5.41, 5.74) is 0. The van der Waals surface area contributed by atoms with Gasteiger partial charge in [0.1, 0.15) is 0 Å². The van der Waals surface area contributed by atoms with Crippen molar-refractivity contribution in [2.24, 2.45) is 5.92 Å². The highest BCUT2D eigenvalue weighted by Crippen LogP contribution is 2.24. The lowest BCUT2D eigenvalue weighted by atomic mass is 9.89. The molecule has 2 rings (SSSR count). The Morgan fingerprint density at radius 2 is 2.11 bits per heavy atom. The van der Waals surface area contributed by atoms with Gasteiger partial charge in [0.15, 0.2) is 0 Å². The average molecular weight is 253 g/mol. The summed E-state index contributed by atoms with van der Waals surface area (Å²) in [6, 6.07) is -0.244. The minimum atomic E-state index is -0.244. The summed E-state index contributed by atoms with van der Waals surface area (Å²) < 4.78 is 0. The van der Waals surface area contributed by atoms with Crippen LogP contribution in [0, 0.1) is 5.92 Å². The molecular weight excluding hydrogens is 230 g/mol. The summed E-state index contributed by atoms with van der Waals surface area (Å²) >= 11 is 0. The molecule has 0 aromatic rings. The topological polar surface area (TPSA) is 52.7 Å². The first-order chi connectivity index (χ1) is 8.66. The minimum absolute atomic E-state index is 0.0803. The predicted octanol–water partition coefficient (Wildman–Crippen LogP) is 1.05. The highest BCUT2D eigenvalue weighted by Gasteiger charge is 2.27. The van der Waals surface area contributed by atoms with E-state index in [0.717, 1.165) is 12.5 Å². The Morgan fingerprint density at radius 3 is 2.72 bits per heavy atom. The number of urea groups is 1. The number of carbonyl (C=O) groups is 2. The van der Waals surface area contributed by atoms with E-state index in [0.29, 0.717) is 19.6 Å². The molecule has 2 fully saturated rings.